The molecule has 0 amide bonds. The Hall–Kier alpha value is -0.440. The quantitative estimate of drug-likeness (QED) is 0.654. The van der Waals surface area contributed by atoms with Crippen LogP contribution < -0.4 is 0 Å². The second-order valence-electron chi connectivity index (χ2n) is 5.95. The van der Waals surface area contributed by atoms with E-state index in [1.807, 2.05) is 20.8 Å². The van der Waals surface area contributed by atoms with Gasteiger partial charge in [-0.2, -0.15) is 4.91 Å². The Labute approximate surface area is 87.2 Å². The van der Waals surface area contributed by atoms with Gasteiger partial charge in [-0.1, -0.05) is 25.9 Å². The summed E-state index contributed by atoms with van der Waals surface area (Å²) < 4.78 is 5.53. The maximum Gasteiger partial charge on any atom is 0.116 e. The van der Waals surface area contributed by atoms with Crippen LogP contribution in [-0.2, 0) is 4.74 Å². The average Bonchev–Trinajstić information content (AvgIpc) is 1.94. The van der Waals surface area contributed by atoms with E-state index < -0.39 is 0 Å². The van der Waals surface area contributed by atoms with Crippen LogP contribution >= 0.6 is 0 Å². The molecule has 0 radical (unpaired) electrons. The van der Waals surface area contributed by atoms with Gasteiger partial charge in [0.2, 0.25) is 0 Å². The summed E-state index contributed by atoms with van der Waals surface area (Å²) in [5.41, 5.74) is -0.0688. The summed E-state index contributed by atoms with van der Waals surface area (Å²) in [7, 11) is 0. The molecule has 0 aliphatic rings. The molecule has 0 aromatic rings. The number of hydrogen-bond donors (Lipinski definition) is 0. The predicted octanol–water partition coefficient (Wildman–Crippen LogP) is 3.37. The van der Waals surface area contributed by atoms with Gasteiger partial charge in [-0.3, -0.25) is 0 Å². The van der Waals surface area contributed by atoms with Crippen LogP contribution in [0, 0.1) is 10.3 Å². The maximum atomic E-state index is 10.6. The summed E-state index contributed by atoms with van der Waals surface area (Å²) in [6, 6.07) is -0.228. The normalized spacial score (nSPS) is 15.3. The van der Waals surface area contributed by atoms with Crippen LogP contribution in [-0.4, -0.2) is 18.2 Å². The first-order chi connectivity index (χ1) is 6.14. The molecule has 0 aliphatic heterocycles. The Balaban J connectivity index is 3.99. The van der Waals surface area contributed by atoms with Crippen LogP contribution in [0.4, 0.5) is 0 Å². The van der Waals surface area contributed by atoms with Gasteiger partial charge >= 0.3 is 0 Å². The van der Waals surface area contributed by atoms with E-state index in [0.717, 1.165) is 6.42 Å². The summed E-state index contributed by atoms with van der Waals surface area (Å²) in [6.45, 7) is 12.7. The van der Waals surface area contributed by atoms with E-state index in [1.54, 1.807) is 0 Å². The van der Waals surface area contributed by atoms with Gasteiger partial charge in [-0.05, 0) is 32.6 Å². The molecule has 0 heterocycles. The predicted molar refractivity (Wildman–Crippen MR) is 59.4 cm³/mol. The van der Waals surface area contributed by atoms with E-state index in [-0.39, 0.29) is 17.1 Å². The smallest absolute Gasteiger partial charge is 0.116 e. The molecule has 84 valence electrons. The highest BCUT2D eigenvalue weighted by atomic mass is 16.5. The van der Waals surface area contributed by atoms with Crippen molar-refractivity contribution in [2.24, 2.45) is 10.6 Å². The SMILES string of the molecule is CC(C)(C)CC(COC(C)(C)C)N=O. The molecular formula is C11H23NO2. The first-order valence-corrected chi connectivity index (χ1v) is 5.10. The summed E-state index contributed by atoms with van der Waals surface area (Å²) in [5.74, 6) is 0. The molecule has 0 N–H and O–H groups in total. The van der Waals surface area contributed by atoms with E-state index in [1.165, 1.54) is 0 Å². The molecular weight excluding hydrogens is 178 g/mol. The average molecular weight is 201 g/mol. The fourth-order valence-electron chi connectivity index (χ4n) is 1.18. The highest BCUT2D eigenvalue weighted by Gasteiger charge is 2.21. The van der Waals surface area contributed by atoms with Crippen molar-refractivity contribution in [3.05, 3.63) is 4.91 Å². The lowest BCUT2D eigenvalue weighted by molar-refractivity contribution is -0.0139. The maximum absolute atomic E-state index is 10.6. The summed E-state index contributed by atoms with van der Waals surface area (Å²) in [4.78, 5) is 10.6. The van der Waals surface area contributed by atoms with Gasteiger partial charge in [-0.15, -0.1) is 0 Å². The fraction of sp³-hybridized carbons (Fsp3) is 1.00. The Morgan fingerprint density at radius 2 is 1.64 bits per heavy atom. The van der Waals surface area contributed by atoms with Gasteiger partial charge < -0.3 is 4.74 Å². The minimum atomic E-state index is -0.228. The van der Waals surface area contributed by atoms with Gasteiger partial charge in [0, 0.05) is 0 Å². The number of rotatable bonds is 4. The van der Waals surface area contributed by atoms with Crippen LogP contribution in [0.2, 0.25) is 0 Å². The summed E-state index contributed by atoms with van der Waals surface area (Å²) in [5, 5.41) is 3.10. The van der Waals surface area contributed by atoms with Crippen LogP contribution in [0.15, 0.2) is 5.18 Å². The minimum Gasteiger partial charge on any atom is -0.374 e. The Morgan fingerprint density at radius 1 is 1.14 bits per heavy atom. The highest BCUT2D eigenvalue weighted by Crippen LogP contribution is 2.23. The summed E-state index contributed by atoms with van der Waals surface area (Å²) >= 11 is 0. The van der Waals surface area contributed by atoms with E-state index in [2.05, 4.69) is 25.9 Å². The molecule has 0 fully saturated rings. The molecule has 3 heteroatoms. The van der Waals surface area contributed by atoms with Crippen molar-refractivity contribution in [1.29, 1.82) is 0 Å². The molecule has 1 atom stereocenters. The van der Waals surface area contributed by atoms with Crippen molar-refractivity contribution in [3.8, 4) is 0 Å². The van der Waals surface area contributed by atoms with E-state index in [9.17, 15) is 4.91 Å². The fourth-order valence-corrected chi connectivity index (χ4v) is 1.18. The van der Waals surface area contributed by atoms with Crippen molar-refractivity contribution in [2.45, 2.75) is 59.6 Å². The lowest BCUT2D eigenvalue weighted by Gasteiger charge is -2.25. The number of hydrogen-bond acceptors (Lipinski definition) is 3. The van der Waals surface area contributed by atoms with Gasteiger partial charge in [0.05, 0.1) is 12.2 Å². The van der Waals surface area contributed by atoms with E-state index in [0.29, 0.717) is 6.61 Å². The second-order valence-corrected chi connectivity index (χ2v) is 5.95. The zero-order valence-electron chi connectivity index (χ0n) is 10.3. The Kier molecular flexibility index (Phi) is 4.72. The van der Waals surface area contributed by atoms with E-state index >= 15 is 0 Å². The topological polar surface area (TPSA) is 38.7 Å². The molecule has 0 rings (SSSR count). The first-order valence-electron chi connectivity index (χ1n) is 5.10. The van der Waals surface area contributed by atoms with Crippen LogP contribution in [0.3, 0.4) is 0 Å². The molecule has 3 nitrogen and oxygen atoms in total. The van der Waals surface area contributed by atoms with Crippen LogP contribution in [0.25, 0.3) is 0 Å². The van der Waals surface area contributed by atoms with E-state index in [4.69, 9.17) is 4.74 Å². The molecule has 14 heavy (non-hydrogen) atoms. The number of ether oxygens (including phenoxy) is 1. The van der Waals surface area contributed by atoms with Crippen molar-refractivity contribution < 1.29 is 4.74 Å². The Bertz CT molecular complexity index is 177. The molecule has 0 aliphatic carbocycles. The number of nitroso groups, excluding NO2 is 1. The molecule has 0 saturated carbocycles. The zero-order valence-corrected chi connectivity index (χ0v) is 10.3. The van der Waals surface area contributed by atoms with Gasteiger partial charge in [0.1, 0.15) is 6.04 Å². The van der Waals surface area contributed by atoms with Crippen LogP contribution in [0.5, 0.6) is 0 Å². The third kappa shape index (κ3) is 8.17. The lowest BCUT2D eigenvalue weighted by Crippen LogP contribution is -2.27. The molecule has 1 unspecified atom stereocenters. The molecule has 0 aromatic carbocycles. The minimum absolute atomic E-state index is 0.125. The molecule has 0 saturated heterocycles. The highest BCUT2D eigenvalue weighted by molar-refractivity contribution is 4.75. The largest absolute Gasteiger partial charge is 0.374 e. The van der Waals surface area contributed by atoms with Gasteiger partial charge in [0.15, 0.2) is 0 Å². The van der Waals surface area contributed by atoms with Crippen molar-refractivity contribution in [2.75, 3.05) is 6.61 Å². The first kappa shape index (κ1) is 13.6. The van der Waals surface area contributed by atoms with Crippen molar-refractivity contribution >= 4 is 0 Å². The second kappa shape index (κ2) is 4.87. The zero-order chi connectivity index (χ0) is 11.4. The number of nitrogens with zero attached hydrogens (tertiary/aromatic N) is 1. The van der Waals surface area contributed by atoms with Gasteiger partial charge in [-0.25, -0.2) is 0 Å². The summed E-state index contributed by atoms with van der Waals surface area (Å²) in [6.07, 6.45) is 0.770. The van der Waals surface area contributed by atoms with Gasteiger partial charge in [0.25, 0.3) is 0 Å². The molecule has 0 bridgehead atoms. The molecule has 0 aromatic heterocycles. The third-order valence-electron chi connectivity index (χ3n) is 1.71. The third-order valence-corrected chi connectivity index (χ3v) is 1.71. The standard InChI is InChI=1S/C11H23NO2/c1-10(2,3)7-9(12-13)8-14-11(4,5)6/h9H,7-8H2,1-6H3. The van der Waals surface area contributed by atoms with Crippen molar-refractivity contribution in [3.63, 3.8) is 0 Å². The Morgan fingerprint density at radius 3 is 1.93 bits per heavy atom. The van der Waals surface area contributed by atoms with Crippen LogP contribution in [0.1, 0.15) is 48.0 Å². The lowest BCUT2D eigenvalue weighted by atomic mass is 9.88. The van der Waals surface area contributed by atoms with Crippen molar-refractivity contribution in [1.82, 2.24) is 0 Å². The monoisotopic (exact) mass is 201 g/mol. The molecule has 0 spiro atoms.